The fourth-order valence-corrected chi connectivity index (χ4v) is 6.70. The molecule has 0 N–H and O–H groups in total. The van der Waals surface area contributed by atoms with Gasteiger partial charge >= 0.3 is 0 Å². The predicted molar refractivity (Wildman–Crippen MR) is 113 cm³/mol. The number of methoxy groups -OCH3 is 2. The van der Waals surface area contributed by atoms with E-state index in [1.807, 2.05) is 0 Å². The van der Waals surface area contributed by atoms with Gasteiger partial charge in [-0.25, -0.2) is 8.42 Å². The van der Waals surface area contributed by atoms with Crippen molar-refractivity contribution >= 4 is 21.4 Å². The van der Waals surface area contributed by atoms with Gasteiger partial charge in [0.1, 0.15) is 0 Å². The summed E-state index contributed by atoms with van der Waals surface area (Å²) in [5.74, 6) is 1.35. The molecule has 3 atom stereocenters. The summed E-state index contributed by atoms with van der Waals surface area (Å²) in [6.07, 6.45) is 4.57. The van der Waals surface area contributed by atoms with E-state index in [-0.39, 0.29) is 23.6 Å². The van der Waals surface area contributed by atoms with E-state index in [2.05, 4.69) is 11.4 Å². The molecule has 1 aliphatic heterocycles. The quantitative estimate of drug-likeness (QED) is 0.678. The van der Waals surface area contributed by atoms with E-state index in [9.17, 15) is 8.42 Å². The average molecular weight is 438 g/mol. The maximum absolute atomic E-state index is 13.2. The van der Waals surface area contributed by atoms with Gasteiger partial charge < -0.3 is 14.2 Å². The maximum Gasteiger partial charge on any atom is 0.243 e. The van der Waals surface area contributed by atoms with Crippen molar-refractivity contribution in [3.05, 3.63) is 40.1 Å². The van der Waals surface area contributed by atoms with Gasteiger partial charge in [0.25, 0.3) is 0 Å². The lowest BCUT2D eigenvalue weighted by molar-refractivity contribution is -0.0600. The first-order chi connectivity index (χ1) is 14.0. The van der Waals surface area contributed by atoms with E-state index in [0.717, 1.165) is 18.4 Å². The van der Waals surface area contributed by atoms with E-state index in [1.165, 1.54) is 42.3 Å². The molecule has 6 nitrogen and oxygen atoms in total. The van der Waals surface area contributed by atoms with E-state index >= 15 is 0 Å². The second kappa shape index (κ2) is 8.26. The fraction of sp³-hybridized carbons (Fsp3) is 0.524. The number of sulfonamides is 1. The molecule has 1 aliphatic carbocycles. The molecule has 0 bridgehead atoms. The average Bonchev–Trinajstić information content (AvgIpc) is 3.23. The molecule has 0 amide bonds. The summed E-state index contributed by atoms with van der Waals surface area (Å²) in [4.78, 5) is 1.55. The number of hydrogen-bond donors (Lipinski definition) is 0. The summed E-state index contributed by atoms with van der Waals surface area (Å²) in [7, 11) is 0.932. The first-order valence-corrected chi connectivity index (χ1v) is 12.2. The number of likely N-dealkylation sites (N-methyl/N-ethyl adjacent to an activating group) is 1. The normalized spacial score (nSPS) is 24.1. The van der Waals surface area contributed by atoms with Crippen molar-refractivity contribution in [2.75, 3.05) is 27.8 Å². The van der Waals surface area contributed by atoms with Crippen LogP contribution in [0.3, 0.4) is 0 Å². The predicted octanol–water partition coefficient (Wildman–Crippen LogP) is 4.18. The molecule has 1 aromatic heterocycles. The summed E-state index contributed by atoms with van der Waals surface area (Å²) < 4.78 is 44.6. The van der Waals surface area contributed by atoms with Crippen molar-refractivity contribution in [1.82, 2.24) is 4.31 Å². The summed E-state index contributed by atoms with van der Waals surface area (Å²) in [5, 5.41) is 2.10. The first kappa shape index (κ1) is 20.7. The number of hydrogen-bond acceptors (Lipinski definition) is 6. The smallest absolute Gasteiger partial charge is 0.243 e. The highest BCUT2D eigenvalue weighted by Crippen LogP contribution is 2.47. The third-order valence-electron chi connectivity index (χ3n) is 5.94. The lowest BCUT2D eigenvalue weighted by Gasteiger charge is -2.40. The van der Waals surface area contributed by atoms with Crippen molar-refractivity contribution in [2.24, 2.45) is 0 Å². The molecule has 0 saturated heterocycles. The largest absolute Gasteiger partial charge is 0.493 e. The Kier molecular flexibility index (Phi) is 5.88. The van der Waals surface area contributed by atoms with Gasteiger partial charge in [0.15, 0.2) is 11.5 Å². The molecule has 2 heterocycles. The van der Waals surface area contributed by atoms with Crippen LogP contribution in [0, 0.1) is 0 Å². The van der Waals surface area contributed by atoms with Gasteiger partial charge in [0.2, 0.25) is 10.0 Å². The highest BCUT2D eigenvalue weighted by Gasteiger charge is 2.39. The summed E-state index contributed by atoms with van der Waals surface area (Å²) in [5.41, 5.74) is 1.15. The zero-order valence-corrected chi connectivity index (χ0v) is 18.6. The van der Waals surface area contributed by atoms with Crippen molar-refractivity contribution < 1.29 is 22.6 Å². The highest BCUT2D eigenvalue weighted by molar-refractivity contribution is 7.89. The zero-order valence-electron chi connectivity index (χ0n) is 17.0. The Hall–Kier alpha value is -1.61. The SMILES string of the molecule is COc1ccc(S(=O)(=O)N(C)C[C@@H]2O[C@@H]3CCCC[C@H]3c3sccc32)cc1OC. The van der Waals surface area contributed by atoms with E-state index in [0.29, 0.717) is 17.4 Å². The van der Waals surface area contributed by atoms with Crippen molar-refractivity contribution in [3.8, 4) is 11.5 Å². The Labute approximate surface area is 176 Å². The van der Waals surface area contributed by atoms with Crippen molar-refractivity contribution in [1.29, 1.82) is 0 Å². The third-order valence-corrected chi connectivity index (χ3v) is 8.82. The Bertz CT molecular complexity index is 971. The molecule has 2 aromatic rings. The van der Waals surface area contributed by atoms with Crippen LogP contribution in [0.4, 0.5) is 0 Å². The van der Waals surface area contributed by atoms with Crippen molar-refractivity contribution in [3.63, 3.8) is 0 Å². The number of fused-ring (bicyclic) bond motifs is 3. The molecule has 1 saturated carbocycles. The molecule has 0 radical (unpaired) electrons. The second-order valence-corrected chi connectivity index (χ2v) is 10.6. The molecule has 0 spiro atoms. The molecule has 8 heteroatoms. The van der Waals surface area contributed by atoms with Crippen LogP contribution in [-0.4, -0.2) is 46.6 Å². The Morgan fingerprint density at radius 1 is 1.14 bits per heavy atom. The standard InChI is InChI=1S/C21H27NO5S2/c1-22(29(23,24)14-8-9-18(25-2)19(12-14)26-3)13-20-16-10-11-28-21(16)15-6-4-5-7-17(15)27-20/h8-12,15,17,20H,4-7,13H2,1-3H3/t15-,17-,20+/m1/s1. The van der Waals surface area contributed by atoms with Gasteiger partial charge in [0, 0.05) is 30.5 Å². The van der Waals surface area contributed by atoms with E-state index < -0.39 is 10.0 Å². The monoisotopic (exact) mass is 437 g/mol. The van der Waals surface area contributed by atoms with Crippen LogP contribution in [0.25, 0.3) is 0 Å². The lowest BCUT2D eigenvalue weighted by Crippen LogP contribution is -2.38. The van der Waals surface area contributed by atoms with Crippen LogP contribution in [0.1, 0.15) is 48.1 Å². The minimum Gasteiger partial charge on any atom is -0.493 e. The van der Waals surface area contributed by atoms with E-state index in [4.69, 9.17) is 14.2 Å². The Morgan fingerprint density at radius 2 is 1.90 bits per heavy atom. The molecular weight excluding hydrogens is 410 g/mol. The minimum absolute atomic E-state index is 0.176. The minimum atomic E-state index is -3.69. The van der Waals surface area contributed by atoms with Gasteiger partial charge in [0.05, 0.1) is 31.3 Å². The Balaban J connectivity index is 1.58. The van der Waals surface area contributed by atoms with Gasteiger partial charge in [-0.05, 0) is 42.0 Å². The van der Waals surface area contributed by atoms with Crippen LogP contribution < -0.4 is 9.47 Å². The first-order valence-electron chi connectivity index (χ1n) is 9.86. The zero-order chi connectivity index (χ0) is 20.6. The van der Waals surface area contributed by atoms with Gasteiger partial charge in [-0.2, -0.15) is 4.31 Å². The number of nitrogens with zero attached hydrogens (tertiary/aromatic N) is 1. The van der Waals surface area contributed by atoms with Crippen LogP contribution >= 0.6 is 11.3 Å². The van der Waals surface area contributed by atoms with E-state index in [1.54, 1.807) is 30.5 Å². The van der Waals surface area contributed by atoms with Crippen LogP contribution in [0.15, 0.2) is 34.5 Å². The molecule has 158 valence electrons. The number of thiophene rings is 1. The van der Waals surface area contributed by atoms with Crippen LogP contribution in [0.5, 0.6) is 11.5 Å². The lowest BCUT2D eigenvalue weighted by atomic mass is 9.81. The van der Waals surface area contributed by atoms with Gasteiger partial charge in [-0.15, -0.1) is 11.3 Å². The molecule has 1 aromatic carbocycles. The van der Waals surface area contributed by atoms with Crippen LogP contribution in [0.2, 0.25) is 0 Å². The summed E-state index contributed by atoms with van der Waals surface area (Å²) in [6.45, 7) is 0.281. The molecule has 29 heavy (non-hydrogen) atoms. The molecular formula is C21H27NO5S2. The van der Waals surface area contributed by atoms with Gasteiger partial charge in [-0.1, -0.05) is 12.8 Å². The van der Waals surface area contributed by atoms with Crippen molar-refractivity contribution in [2.45, 2.75) is 48.7 Å². The topological polar surface area (TPSA) is 65.1 Å². The summed E-state index contributed by atoms with van der Waals surface area (Å²) >= 11 is 1.78. The van der Waals surface area contributed by atoms with Crippen LogP contribution in [-0.2, 0) is 14.8 Å². The number of benzene rings is 1. The van der Waals surface area contributed by atoms with Gasteiger partial charge in [-0.3, -0.25) is 0 Å². The molecule has 0 unspecified atom stereocenters. The fourth-order valence-electron chi connectivity index (χ4n) is 4.37. The number of ether oxygens (including phenoxy) is 3. The maximum atomic E-state index is 13.2. The molecule has 4 rings (SSSR count). The Morgan fingerprint density at radius 3 is 2.66 bits per heavy atom. The molecule has 2 aliphatic rings. The second-order valence-electron chi connectivity index (χ2n) is 7.60. The molecule has 1 fully saturated rings. The number of rotatable bonds is 6. The summed E-state index contributed by atoms with van der Waals surface area (Å²) in [6, 6.07) is 6.74. The highest BCUT2D eigenvalue weighted by atomic mass is 32.2. The third kappa shape index (κ3) is 3.79.